The Bertz CT molecular complexity index is 657. The molecule has 1 aromatic rings. The van der Waals surface area contributed by atoms with E-state index in [0.717, 1.165) is 37.4 Å². The fourth-order valence-corrected chi connectivity index (χ4v) is 3.52. The number of nitrogens with zero attached hydrogens (tertiary/aromatic N) is 4. The summed E-state index contributed by atoms with van der Waals surface area (Å²) in [6.45, 7) is 10.2. The number of carbonyl (C=O) groups is 2. The van der Waals surface area contributed by atoms with Crippen LogP contribution in [0.15, 0.2) is 6.07 Å². The van der Waals surface area contributed by atoms with Gasteiger partial charge in [0.15, 0.2) is 0 Å². The van der Waals surface area contributed by atoms with E-state index < -0.39 is 0 Å². The summed E-state index contributed by atoms with van der Waals surface area (Å²) in [5, 5.41) is 8.13. The van der Waals surface area contributed by atoms with E-state index >= 15 is 0 Å². The van der Waals surface area contributed by atoms with Gasteiger partial charge in [-0.1, -0.05) is 13.8 Å². The lowest BCUT2D eigenvalue weighted by molar-refractivity contribution is -0.136. The van der Waals surface area contributed by atoms with Crippen LogP contribution < -0.4 is 5.32 Å². The molecule has 1 atom stereocenters. The Hall–Kier alpha value is -2.09. The van der Waals surface area contributed by atoms with E-state index in [4.69, 9.17) is 4.74 Å². The van der Waals surface area contributed by atoms with Crippen LogP contribution in [-0.4, -0.2) is 63.9 Å². The molecule has 0 aliphatic carbocycles. The average Bonchev–Trinajstić information content (AvgIpc) is 3.25. The van der Waals surface area contributed by atoms with E-state index in [0.29, 0.717) is 26.2 Å². The standard InChI is InChI=1S/C18H29N5O3/c1-4-26-18(25)22-6-5-14(11-22)19-10-15-9-16-12-21(17(24)13(2)3)7-8-23(16)20-15/h9,13-14,19H,4-8,10-12H2,1-3H3. The highest BCUT2D eigenvalue weighted by atomic mass is 16.6. The van der Waals surface area contributed by atoms with Gasteiger partial charge in [0.25, 0.3) is 0 Å². The molecule has 2 aliphatic rings. The number of nitrogens with one attached hydrogen (secondary N) is 1. The molecule has 1 aromatic heterocycles. The molecule has 8 heteroatoms. The van der Waals surface area contributed by atoms with Gasteiger partial charge in [0.2, 0.25) is 5.91 Å². The third-order valence-electron chi connectivity index (χ3n) is 4.94. The molecular formula is C18H29N5O3. The monoisotopic (exact) mass is 363 g/mol. The van der Waals surface area contributed by atoms with E-state index in [2.05, 4.69) is 16.5 Å². The zero-order chi connectivity index (χ0) is 18.7. The number of hydrogen-bond donors (Lipinski definition) is 1. The van der Waals surface area contributed by atoms with Gasteiger partial charge in [0.05, 0.1) is 31.1 Å². The SMILES string of the molecule is CCOC(=O)N1CCC(NCc2cc3n(n2)CCN(C(=O)C(C)C)C3)C1. The normalized spacial score (nSPS) is 19.8. The molecule has 0 bridgehead atoms. The predicted molar refractivity (Wildman–Crippen MR) is 96.3 cm³/mol. The fraction of sp³-hybridized carbons (Fsp3) is 0.722. The Morgan fingerprint density at radius 3 is 2.85 bits per heavy atom. The first-order chi connectivity index (χ1) is 12.5. The molecule has 0 saturated carbocycles. The summed E-state index contributed by atoms with van der Waals surface area (Å²) < 4.78 is 7.05. The smallest absolute Gasteiger partial charge is 0.409 e. The van der Waals surface area contributed by atoms with Crippen molar-refractivity contribution in [2.45, 2.75) is 52.9 Å². The highest BCUT2D eigenvalue weighted by Crippen LogP contribution is 2.17. The number of aromatic nitrogens is 2. The number of carbonyl (C=O) groups excluding carboxylic acids is 2. The molecule has 26 heavy (non-hydrogen) atoms. The van der Waals surface area contributed by atoms with Crippen molar-refractivity contribution < 1.29 is 14.3 Å². The second-order valence-electron chi connectivity index (χ2n) is 7.28. The van der Waals surface area contributed by atoms with Crippen LogP contribution in [0.25, 0.3) is 0 Å². The van der Waals surface area contributed by atoms with Crippen molar-refractivity contribution in [2.24, 2.45) is 5.92 Å². The molecule has 144 valence electrons. The van der Waals surface area contributed by atoms with Crippen LogP contribution in [0.5, 0.6) is 0 Å². The molecule has 0 aromatic carbocycles. The van der Waals surface area contributed by atoms with Gasteiger partial charge in [-0.3, -0.25) is 9.48 Å². The van der Waals surface area contributed by atoms with Crippen LogP contribution in [0, 0.1) is 5.92 Å². The Balaban J connectivity index is 1.51. The largest absolute Gasteiger partial charge is 0.450 e. The molecule has 1 saturated heterocycles. The van der Waals surface area contributed by atoms with Crippen LogP contribution in [0.1, 0.15) is 38.6 Å². The lowest BCUT2D eigenvalue weighted by atomic mass is 10.1. The minimum absolute atomic E-state index is 0.0234. The minimum atomic E-state index is -0.232. The van der Waals surface area contributed by atoms with Crippen molar-refractivity contribution >= 4 is 12.0 Å². The molecule has 1 unspecified atom stereocenters. The molecule has 2 amide bonds. The zero-order valence-corrected chi connectivity index (χ0v) is 15.9. The van der Waals surface area contributed by atoms with Gasteiger partial charge < -0.3 is 19.9 Å². The fourth-order valence-electron chi connectivity index (χ4n) is 3.52. The van der Waals surface area contributed by atoms with Crippen molar-refractivity contribution in [1.82, 2.24) is 24.9 Å². The molecule has 0 radical (unpaired) electrons. The summed E-state index contributed by atoms with van der Waals surface area (Å²) >= 11 is 0. The van der Waals surface area contributed by atoms with E-state index in [1.54, 1.807) is 4.90 Å². The lowest BCUT2D eigenvalue weighted by Crippen LogP contribution is -2.40. The predicted octanol–water partition coefficient (Wildman–Crippen LogP) is 1.20. The van der Waals surface area contributed by atoms with E-state index in [-0.39, 0.29) is 24.0 Å². The Labute approximate surface area is 154 Å². The molecule has 8 nitrogen and oxygen atoms in total. The van der Waals surface area contributed by atoms with Crippen LogP contribution in [0.3, 0.4) is 0 Å². The Morgan fingerprint density at radius 2 is 2.12 bits per heavy atom. The average molecular weight is 363 g/mol. The van der Waals surface area contributed by atoms with Crippen molar-refractivity contribution in [3.63, 3.8) is 0 Å². The summed E-state index contributed by atoms with van der Waals surface area (Å²) in [4.78, 5) is 27.6. The maximum absolute atomic E-state index is 12.2. The third kappa shape index (κ3) is 4.17. The first-order valence-electron chi connectivity index (χ1n) is 9.47. The molecular weight excluding hydrogens is 334 g/mol. The Kier molecular flexibility index (Phi) is 5.80. The zero-order valence-electron chi connectivity index (χ0n) is 15.9. The number of fused-ring (bicyclic) bond motifs is 1. The Morgan fingerprint density at radius 1 is 1.31 bits per heavy atom. The molecule has 1 N–H and O–H groups in total. The maximum Gasteiger partial charge on any atom is 0.409 e. The first-order valence-corrected chi connectivity index (χ1v) is 9.47. The summed E-state index contributed by atoms with van der Waals surface area (Å²) in [5.74, 6) is 0.220. The minimum Gasteiger partial charge on any atom is -0.450 e. The molecule has 2 aliphatic heterocycles. The van der Waals surface area contributed by atoms with Crippen LogP contribution in [-0.2, 0) is 29.2 Å². The summed E-state index contributed by atoms with van der Waals surface area (Å²) in [6.07, 6.45) is 0.687. The van der Waals surface area contributed by atoms with E-state index in [1.165, 1.54) is 0 Å². The van der Waals surface area contributed by atoms with E-state index in [9.17, 15) is 9.59 Å². The number of likely N-dealkylation sites (tertiary alicyclic amines) is 1. The number of hydrogen-bond acceptors (Lipinski definition) is 5. The molecule has 1 fully saturated rings. The quantitative estimate of drug-likeness (QED) is 0.850. The third-order valence-corrected chi connectivity index (χ3v) is 4.94. The second-order valence-corrected chi connectivity index (χ2v) is 7.28. The van der Waals surface area contributed by atoms with Crippen molar-refractivity contribution in [3.05, 3.63) is 17.5 Å². The topological polar surface area (TPSA) is 79.7 Å². The highest BCUT2D eigenvalue weighted by molar-refractivity contribution is 5.78. The van der Waals surface area contributed by atoms with Crippen LogP contribution in [0.2, 0.25) is 0 Å². The van der Waals surface area contributed by atoms with Gasteiger partial charge >= 0.3 is 6.09 Å². The number of ether oxygens (including phenoxy) is 1. The number of amides is 2. The van der Waals surface area contributed by atoms with Gasteiger partial charge in [-0.05, 0) is 19.4 Å². The van der Waals surface area contributed by atoms with Crippen molar-refractivity contribution in [2.75, 3.05) is 26.2 Å². The van der Waals surface area contributed by atoms with Crippen LogP contribution >= 0.6 is 0 Å². The number of rotatable bonds is 5. The second kappa shape index (κ2) is 8.07. The van der Waals surface area contributed by atoms with Gasteiger partial charge in [-0.2, -0.15) is 5.10 Å². The van der Waals surface area contributed by atoms with Crippen LogP contribution in [0.4, 0.5) is 4.79 Å². The summed E-state index contributed by atoms with van der Waals surface area (Å²) in [7, 11) is 0. The molecule has 0 spiro atoms. The van der Waals surface area contributed by atoms with Gasteiger partial charge in [-0.25, -0.2) is 4.79 Å². The molecule has 3 rings (SSSR count). The molecule has 3 heterocycles. The maximum atomic E-state index is 12.2. The van der Waals surface area contributed by atoms with Crippen molar-refractivity contribution in [1.29, 1.82) is 0 Å². The van der Waals surface area contributed by atoms with Gasteiger partial charge in [0.1, 0.15) is 0 Å². The summed E-state index contributed by atoms with van der Waals surface area (Å²) in [6, 6.07) is 2.34. The lowest BCUT2D eigenvalue weighted by Gasteiger charge is -2.29. The summed E-state index contributed by atoms with van der Waals surface area (Å²) in [5.41, 5.74) is 2.06. The van der Waals surface area contributed by atoms with E-state index in [1.807, 2.05) is 30.4 Å². The van der Waals surface area contributed by atoms with Gasteiger partial charge in [0, 0.05) is 38.1 Å². The first kappa shape index (κ1) is 18.7. The van der Waals surface area contributed by atoms with Crippen molar-refractivity contribution in [3.8, 4) is 0 Å². The van der Waals surface area contributed by atoms with Gasteiger partial charge in [-0.15, -0.1) is 0 Å². The highest BCUT2D eigenvalue weighted by Gasteiger charge is 2.27.